The van der Waals surface area contributed by atoms with E-state index in [1.54, 1.807) is 29.2 Å². The molecule has 2 aromatic rings. The zero-order valence-corrected chi connectivity index (χ0v) is 15.9. The normalized spacial score (nSPS) is 19.6. The van der Waals surface area contributed by atoms with E-state index in [0.29, 0.717) is 43.2 Å². The highest BCUT2D eigenvalue weighted by atomic mass is 16.5. The molecule has 2 aliphatic rings. The van der Waals surface area contributed by atoms with Gasteiger partial charge in [-0.3, -0.25) is 9.59 Å². The molecule has 0 aliphatic carbocycles. The molecule has 9 nitrogen and oxygen atoms in total. The first kappa shape index (κ1) is 18.6. The van der Waals surface area contributed by atoms with E-state index in [2.05, 4.69) is 20.9 Å². The standard InChI is InChI=1S/C19H24N6O3/c1-13-17(22-23-25(13)16-6-7-20-12-16)18(26)21-15-4-2-14(3-5-15)19(27)24-8-10-28-11-9-24/h2-5,16,20H,6-12H2,1H3,(H,21,26). The zero-order valence-electron chi connectivity index (χ0n) is 15.9. The van der Waals surface area contributed by atoms with Crippen LogP contribution in [-0.4, -0.2) is 71.1 Å². The van der Waals surface area contributed by atoms with Crippen molar-refractivity contribution in [3.8, 4) is 0 Å². The summed E-state index contributed by atoms with van der Waals surface area (Å²) in [6.07, 6.45) is 0.976. The van der Waals surface area contributed by atoms with Crippen molar-refractivity contribution in [2.75, 3.05) is 44.7 Å². The van der Waals surface area contributed by atoms with Gasteiger partial charge in [0, 0.05) is 30.9 Å². The fraction of sp³-hybridized carbons (Fsp3) is 0.474. The summed E-state index contributed by atoms with van der Waals surface area (Å²) in [6.45, 7) is 5.97. The minimum Gasteiger partial charge on any atom is -0.378 e. The minimum absolute atomic E-state index is 0.0230. The molecule has 9 heteroatoms. The number of morpholine rings is 1. The van der Waals surface area contributed by atoms with Crippen LogP contribution in [0.2, 0.25) is 0 Å². The van der Waals surface area contributed by atoms with Gasteiger partial charge in [0.2, 0.25) is 0 Å². The maximum Gasteiger partial charge on any atom is 0.278 e. The fourth-order valence-electron chi connectivity index (χ4n) is 3.58. The van der Waals surface area contributed by atoms with Crippen molar-refractivity contribution >= 4 is 17.5 Å². The Hall–Kier alpha value is -2.78. The second-order valence-electron chi connectivity index (χ2n) is 7.05. The van der Waals surface area contributed by atoms with Crippen molar-refractivity contribution in [2.45, 2.75) is 19.4 Å². The highest BCUT2D eigenvalue weighted by Crippen LogP contribution is 2.19. The molecule has 1 aromatic carbocycles. The van der Waals surface area contributed by atoms with E-state index in [1.807, 2.05) is 11.6 Å². The number of amides is 2. The van der Waals surface area contributed by atoms with Gasteiger partial charge in [-0.2, -0.15) is 0 Å². The van der Waals surface area contributed by atoms with Crippen LogP contribution in [0.4, 0.5) is 5.69 Å². The molecule has 148 valence electrons. The summed E-state index contributed by atoms with van der Waals surface area (Å²) in [5.74, 6) is -0.327. The Balaban J connectivity index is 1.41. The summed E-state index contributed by atoms with van der Waals surface area (Å²) >= 11 is 0. The molecule has 1 unspecified atom stereocenters. The molecule has 4 rings (SSSR count). The third-order valence-corrected chi connectivity index (χ3v) is 5.21. The van der Waals surface area contributed by atoms with E-state index in [1.165, 1.54) is 0 Å². The van der Waals surface area contributed by atoms with Gasteiger partial charge in [0.15, 0.2) is 5.69 Å². The Morgan fingerprint density at radius 1 is 1.21 bits per heavy atom. The fourth-order valence-corrected chi connectivity index (χ4v) is 3.58. The number of carbonyl (C=O) groups excluding carboxylic acids is 2. The quantitative estimate of drug-likeness (QED) is 0.810. The van der Waals surface area contributed by atoms with Crippen LogP contribution in [-0.2, 0) is 4.74 Å². The van der Waals surface area contributed by atoms with Gasteiger partial charge in [-0.05, 0) is 44.2 Å². The van der Waals surface area contributed by atoms with Crippen LogP contribution in [0, 0.1) is 6.92 Å². The van der Waals surface area contributed by atoms with Crippen LogP contribution in [0.25, 0.3) is 0 Å². The summed E-state index contributed by atoms with van der Waals surface area (Å²) in [6, 6.07) is 7.14. The van der Waals surface area contributed by atoms with Crippen molar-refractivity contribution in [3.05, 3.63) is 41.2 Å². The molecule has 1 atom stereocenters. The van der Waals surface area contributed by atoms with E-state index in [-0.39, 0.29) is 17.9 Å². The Kier molecular flexibility index (Phi) is 5.36. The first-order valence-electron chi connectivity index (χ1n) is 9.54. The third-order valence-electron chi connectivity index (χ3n) is 5.21. The van der Waals surface area contributed by atoms with E-state index >= 15 is 0 Å². The van der Waals surface area contributed by atoms with Gasteiger partial charge in [-0.25, -0.2) is 4.68 Å². The number of hydrogen-bond donors (Lipinski definition) is 2. The molecular weight excluding hydrogens is 360 g/mol. The molecule has 3 heterocycles. The zero-order chi connectivity index (χ0) is 19.5. The van der Waals surface area contributed by atoms with Crippen LogP contribution >= 0.6 is 0 Å². The Morgan fingerprint density at radius 3 is 2.64 bits per heavy atom. The number of rotatable bonds is 4. The predicted molar refractivity (Wildman–Crippen MR) is 102 cm³/mol. The molecule has 0 bridgehead atoms. The minimum atomic E-state index is -0.304. The molecule has 2 aliphatic heterocycles. The average Bonchev–Trinajstić information content (AvgIpc) is 3.38. The lowest BCUT2D eigenvalue weighted by atomic mass is 10.1. The van der Waals surface area contributed by atoms with Crippen molar-refractivity contribution in [2.24, 2.45) is 0 Å². The largest absolute Gasteiger partial charge is 0.378 e. The smallest absolute Gasteiger partial charge is 0.278 e. The molecule has 0 spiro atoms. The van der Waals surface area contributed by atoms with Crippen LogP contribution in [0.3, 0.4) is 0 Å². The van der Waals surface area contributed by atoms with Crippen LogP contribution < -0.4 is 10.6 Å². The number of ether oxygens (including phenoxy) is 1. The third kappa shape index (κ3) is 3.76. The first-order valence-corrected chi connectivity index (χ1v) is 9.54. The lowest BCUT2D eigenvalue weighted by Crippen LogP contribution is -2.40. The lowest BCUT2D eigenvalue weighted by molar-refractivity contribution is 0.0303. The Labute approximate surface area is 163 Å². The summed E-state index contributed by atoms with van der Waals surface area (Å²) in [4.78, 5) is 26.9. The molecular formula is C19H24N6O3. The van der Waals surface area contributed by atoms with Gasteiger partial charge < -0.3 is 20.3 Å². The lowest BCUT2D eigenvalue weighted by Gasteiger charge is -2.26. The predicted octanol–water partition coefficient (Wildman–Crippen LogP) is 0.846. The molecule has 0 radical (unpaired) electrons. The van der Waals surface area contributed by atoms with E-state index < -0.39 is 0 Å². The van der Waals surface area contributed by atoms with E-state index in [9.17, 15) is 9.59 Å². The SMILES string of the molecule is Cc1c(C(=O)Nc2ccc(C(=O)N3CCOCC3)cc2)nnn1C1CCNC1. The number of benzene rings is 1. The maximum atomic E-state index is 12.6. The number of nitrogens with one attached hydrogen (secondary N) is 2. The molecule has 2 amide bonds. The van der Waals surface area contributed by atoms with Crippen molar-refractivity contribution < 1.29 is 14.3 Å². The summed E-state index contributed by atoms with van der Waals surface area (Å²) in [5, 5.41) is 14.3. The first-order chi connectivity index (χ1) is 13.6. The summed E-state index contributed by atoms with van der Waals surface area (Å²) < 4.78 is 7.10. The second-order valence-corrected chi connectivity index (χ2v) is 7.05. The number of anilines is 1. The molecule has 2 N–H and O–H groups in total. The van der Waals surface area contributed by atoms with Gasteiger partial charge in [-0.1, -0.05) is 5.21 Å². The van der Waals surface area contributed by atoms with E-state index in [4.69, 9.17) is 4.74 Å². The highest BCUT2D eigenvalue weighted by Gasteiger charge is 2.24. The number of hydrogen-bond acceptors (Lipinski definition) is 6. The van der Waals surface area contributed by atoms with Crippen molar-refractivity contribution in [1.29, 1.82) is 0 Å². The molecule has 1 aromatic heterocycles. The van der Waals surface area contributed by atoms with Crippen LogP contribution in [0.15, 0.2) is 24.3 Å². The van der Waals surface area contributed by atoms with Crippen molar-refractivity contribution in [1.82, 2.24) is 25.2 Å². The van der Waals surface area contributed by atoms with Crippen molar-refractivity contribution in [3.63, 3.8) is 0 Å². The highest BCUT2D eigenvalue weighted by molar-refractivity contribution is 6.04. The van der Waals surface area contributed by atoms with Crippen LogP contribution in [0.1, 0.15) is 39.0 Å². The molecule has 0 saturated carbocycles. The maximum absolute atomic E-state index is 12.6. The second kappa shape index (κ2) is 8.07. The summed E-state index contributed by atoms with van der Waals surface area (Å²) in [5.41, 5.74) is 2.28. The van der Waals surface area contributed by atoms with Gasteiger partial charge in [0.1, 0.15) is 0 Å². The van der Waals surface area contributed by atoms with Gasteiger partial charge in [0.25, 0.3) is 11.8 Å². The average molecular weight is 384 g/mol. The monoisotopic (exact) mass is 384 g/mol. The summed E-state index contributed by atoms with van der Waals surface area (Å²) in [7, 11) is 0. The number of aromatic nitrogens is 3. The Morgan fingerprint density at radius 2 is 1.96 bits per heavy atom. The van der Waals surface area contributed by atoms with Gasteiger partial charge in [-0.15, -0.1) is 5.10 Å². The Bertz CT molecular complexity index is 851. The molecule has 2 fully saturated rings. The number of nitrogens with zero attached hydrogens (tertiary/aromatic N) is 4. The van der Waals surface area contributed by atoms with Crippen LogP contribution in [0.5, 0.6) is 0 Å². The number of carbonyl (C=O) groups is 2. The molecule has 28 heavy (non-hydrogen) atoms. The van der Waals surface area contributed by atoms with E-state index in [0.717, 1.165) is 25.2 Å². The molecule has 2 saturated heterocycles. The van der Waals surface area contributed by atoms with Gasteiger partial charge >= 0.3 is 0 Å². The topological polar surface area (TPSA) is 101 Å². The van der Waals surface area contributed by atoms with Gasteiger partial charge in [0.05, 0.1) is 24.9 Å².